The number of carbonyl (C=O) groups excluding carboxylic acids is 1. The van der Waals surface area contributed by atoms with Gasteiger partial charge in [0.25, 0.3) is 5.91 Å². The van der Waals surface area contributed by atoms with Crippen molar-refractivity contribution in [1.82, 2.24) is 15.0 Å². The van der Waals surface area contributed by atoms with E-state index in [0.29, 0.717) is 40.4 Å². The summed E-state index contributed by atoms with van der Waals surface area (Å²) in [5.74, 6) is 1.37. The molecule has 0 spiro atoms. The molecule has 5 nitrogen and oxygen atoms in total. The van der Waals surface area contributed by atoms with E-state index in [1.165, 1.54) is 0 Å². The Hall–Kier alpha value is -2.37. The van der Waals surface area contributed by atoms with Gasteiger partial charge < -0.3 is 9.42 Å². The minimum Gasteiger partial charge on any atom is -0.339 e. The maximum absolute atomic E-state index is 12.6. The van der Waals surface area contributed by atoms with Crippen LogP contribution in [0.25, 0.3) is 11.4 Å². The Kier molecular flexibility index (Phi) is 5.14. The van der Waals surface area contributed by atoms with Crippen molar-refractivity contribution in [1.29, 1.82) is 0 Å². The third-order valence-corrected chi connectivity index (χ3v) is 5.27. The quantitative estimate of drug-likeness (QED) is 0.614. The molecule has 1 saturated heterocycles. The van der Waals surface area contributed by atoms with Gasteiger partial charge in [0.1, 0.15) is 0 Å². The molecule has 27 heavy (non-hydrogen) atoms. The van der Waals surface area contributed by atoms with Gasteiger partial charge in [-0.15, -0.1) is 0 Å². The summed E-state index contributed by atoms with van der Waals surface area (Å²) in [5.41, 5.74) is 1.52. The Balaban J connectivity index is 1.40. The molecule has 2 heterocycles. The van der Waals surface area contributed by atoms with Crippen LogP contribution in [0.5, 0.6) is 0 Å². The largest absolute Gasteiger partial charge is 0.339 e. The number of aromatic nitrogens is 2. The van der Waals surface area contributed by atoms with Crippen LogP contribution in [0.1, 0.15) is 35.0 Å². The Labute approximate surface area is 166 Å². The predicted molar refractivity (Wildman–Crippen MR) is 104 cm³/mol. The highest BCUT2D eigenvalue weighted by molar-refractivity contribution is 6.30. The van der Waals surface area contributed by atoms with Crippen molar-refractivity contribution in [3.63, 3.8) is 0 Å². The average molecular weight is 402 g/mol. The van der Waals surface area contributed by atoms with Crippen LogP contribution in [-0.2, 0) is 0 Å². The molecule has 1 amide bonds. The number of benzene rings is 2. The molecule has 138 valence electrons. The first-order chi connectivity index (χ1) is 13.1. The lowest BCUT2D eigenvalue weighted by molar-refractivity contribution is 0.0704. The fourth-order valence-corrected chi connectivity index (χ4v) is 3.47. The number of likely N-dealkylation sites (tertiary alicyclic amines) is 1. The number of amides is 1. The minimum absolute atomic E-state index is 0.0255. The summed E-state index contributed by atoms with van der Waals surface area (Å²) >= 11 is 11.8. The third-order valence-electron chi connectivity index (χ3n) is 4.77. The fourth-order valence-electron chi connectivity index (χ4n) is 3.22. The van der Waals surface area contributed by atoms with Crippen molar-refractivity contribution < 1.29 is 9.32 Å². The molecule has 0 radical (unpaired) electrons. The lowest BCUT2D eigenvalue weighted by Gasteiger charge is -2.30. The second kappa shape index (κ2) is 7.71. The molecule has 0 saturated carbocycles. The smallest absolute Gasteiger partial charge is 0.253 e. The van der Waals surface area contributed by atoms with Crippen molar-refractivity contribution in [2.75, 3.05) is 13.1 Å². The first-order valence-corrected chi connectivity index (χ1v) is 9.50. The van der Waals surface area contributed by atoms with Crippen molar-refractivity contribution in [2.24, 2.45) is 0 Å². The number of nitrogens with zero attached hydrogens (tertiary/aromatic N) is 3. The minimum atomic E-state index is 0.0255. The Morgan fingerprint density at radius 2 is 1.56 bits per heavy atom. The standard InChI is InChI=1S/C20H17Cl2N3O2/c21-16-5-1-13(2-6-16)18-23-19(27-24-18)14-9-11-25(12-10-14)20(26)15-3-7-17(22)8-4-15/h1-8,14H,9-12H2. The molecule has 7 heteroatoms. The van der Waals surface area contributed by atoms with E-state index in [-0.39, 0.29) is 11.8 Å². The first-order valence-electron chi connectivity index (χ1n) is 8.74. The van der Waals surface area contributed by atoms with Crippen LogP contribution in [0, 0.1) is 0 Å². The summed E-state index contributed by atoms with van der Waals surface area (Å²) in [6.07, 6.45) is 1.59. The van der Waals surface area contributed by atoms with E-state index in [2.05, 4.69) is 10.1 Å². The van der Waals surface area contributed by atoms with Crippen LogP contribution >= 0.6 is 23.2 Å². The van der Waals surface area contributed by atoms with Crippen LogP contribution < -0.4 is 0 Å². The van der Waals surface area contributed by atoms with Gasteiger partial charge in [0.05, 0.1) is 0 Å². The highest BCUT2D eigenvalue weighted by atomic mass is 35.5. The zero-order valence-electron chi connectivity index (χ0n) is 14.4. The van der Waals surface area contributed by atoms with Crippen molar-refractivity contribution in [3.8, 4) is 11.4 Å². The Morgan fingerprint density at radius 1 is 0.963 bits per heavy atom. The van der Waals surface area contributed by atoms with Gasteiger partial charge in [0, 0.05) is 40.2 Å². The van der Waals surface area contributed by atoms with Gasteiger partial charge >= 0.3 is 0 Å². The van der Waals surface area contributed by atoms with E-state index >= 15 is 0 Å². The molecule has 0 bridgehead atoms. The molecule has 0 N–H and O–H groups in total. The summed E-state index contributed by atoms with van der Waals surface area (Å²) in [6, 6.07) is 14.3. The van der Waals surface area contributed by atoms with Gasteiger partial charge in [-0.1, -0.05) is 28.4 Å². The fraction of sp³-hybridized carbons (Fsp3) is 0.250. The molecular weight excluding hydrogens is 385 g/mol. The molecule has 2 aromatic carbocycles. The Bertz CT molecular complexity index is 931. The first kappa shape index (κ1) is 18.0. The Morgan fingerprint density at radius 3 is 2.19 bits per heavy atom. The number of hydrogen-bond donors (Lipinski definition) is 0. The van der Waals surface area contributed by atoms with E-state index < -0.39 is 0 Å². The molecule has 1 aliphatic rings. The molecule has 4 rings (SSSR count). The van der Waals surface area contributed by atoms with Gasteiger partial charge in [-0.2, -0.15) is 4.98 Å². The second-order valence-corrected chi connectivity index (χ2v) is 7.41. The molecule has 0 atom stereocenters. The summed E-state index contributed by atoms with van der Waals surface area (Å²) in [4.78, 5) is 19.0. The number of carbonyl (C=O) groups is 1. The van der Waals surface area contributed by atoms with Gasteiger partial charge in [0.2, 0.25) is 11.7 Å². The van der Waals surface area contributed by atoms with E-state index in [4.69, 9.17) is 27.7 Å². The predicted octanol–water partition coefficient (Wildman–Crippen LogP) is 5.06. The monoisotopic (exact) mass is 401 g/mol. The topological polar surface area (TPSA) is 59.2 Å². The lowest BCUT2D eigenvalue weighted by Crippen LogP contribution is -2.37. The van der Waals surface area contributed by atoms with Crippen LogP contribution in [0.2, 0.25) is 10.0 Å². The second-order valence-electron chi connectivity index (χ2n) is 6.54. The number of hydrogen-bond acceptors (Lipinski definition) is 4. The molecule has 1 fully saturated rings. The highest BCUT2D eigenvalue weighted by Crippen LogP contribution is 2.29. The summed E-state index contributed by atoms with van der Waals surface area (Å²) in [6.45, 7) is 1.32. The highest BCUT2D eigenvalue weighted by Gasteiger charge is 2.28. The molecule has 1 aliphatic heterocycles. The molecule has 0 aliphatic carbocycles. The van der Waals surface area contributed by atoms with E-state index in [1.54, 1.807) is 36.4 Å². The average Bonchev–Trinajstić information content (AvgIpc) is 3.19. The molecule has 1 aromatic heterocycles. The SMILES string of the molecule is O=C(c1ccc(Cl)cc1)N1CCC(c2nc(-c3ccc(Cl)cc3)no2)CC1. The maximum Gasteiger partial charge on any atom is 0.253 e. The van der Waals surface area contributed by atoms with E-state index in [1.807, 2.05) is 17.0 Å². The molecule has 3 aromatic rings. The van der Waals surface area contributed by atoms with Gasteiger partial charge in [-0.05, 0) is 61.4 Å². The summed E-state index contributed by atoms with van der Waals surface area (Å²) < 4.78 is 5.47. The van der Waals surface area contributed by atoms with Crippen molar-refractivity contribution in [3.05, 3.63) is 70.0 Å². The van der Waals surface area contributed by atoms with Crippen LogP contribution in [0.4, 0.5) is 0 Å². The van der Waals surface area contributed by atoms with Gasteiger partial charge in [-0.3, -0.25) is 4.79 Å². The number of halogens is 2. The maximum atomic E-state index is 12.6. The summed E-state index contributed by atoms with van der Waals surface area (Å²) in [5, 5.41) is 5.37. The molecular formula is C20H17Cl2N3O2. The summed E-state index contributed by atoms with van der Waals surface area (Å²) in [7, 11) is 0. The zero-order chi connectivity index (χ0) is 18.8. The van der Waals surface area contributed by atoms with Gasteiger partial charge in [-0.25, -0.2) is 0 Å². The third kappa shape index (κ3) is 3.99. The number of rotatable bonds is 3. The van der Waals surface area contributed by atoms with E-state index in [9.17, 15) is 4.79 Å². The van der Waals surface area contributed by atoms with Crippen LogP contribution in [0.15, 0.2) is 53.1 Å². The van der Waals surface area contributed by atoms with Crippen molar-refractivity contribution >= 4 is 29.1 Å². The van der Waals surface area contributed by atoms with E-state index in [0.717, 1.165) is 18.4 Å². The number of piperidine rings is 1. The molecule has 0 unspecified atom stereocenters. The van der Waals surface area contributed by atoms with Gasteiger partial charge in [0.15, 0.2) is 0 Å². The normalized spacial score (nSPS) is 15.1. The zero-order valence-corrected chi connectivity index (χ0v) is 16.0. The lowest BCUT2D eigenvalue weighted by atomic mass is 9.96. The van der Waals surface area contributed by atoms with Crippen LogP contribution in [-0.4, -0.2) is 34.0 Å². The van der Waals surface area contributed by atoms with Crippen molar-refractivity contribution in [2.45, 2.75) is 18.8 Å². The van der Waals surface area contributed by atoms with Crippen LogP contribution in [0.3, 0.4) is 0 Å².